The van der Waals surface area contributed by atoms with Gasteiger partial charge in [0.2, 0.25) is 5.91 Å². The van der Waals surface area contributed by atoms with Crippen molar-refractivity contribution in [3.8, 4) is 0 Å². The van der Waals surface area contributed by atoms with Crippen LogP contribution >= 0.6 is 11.6 Å². The van der Waals surface area contributed by atoms with Gasteiger partial charge in [0.25, 0.3) is 5.91 Å². The number of hydrogen-bond acceptors (Lipinski definition) is 6. The first-order valence-corrected chi connectivity index (χ1v) is 12.1. The van der Waals surface area contributed by atoms with Gasteiger partial charge in [-0.3, -0.25) is 14.4 Å². The lowest BCUT2D eigenvalue weighted by atomic mass is 9.82. The first kappa shape index (κ1) is 27.6. The number of amides is 2. The second kappa shape index (κ2) is 12.2. The summed E-state index contributed by atoms with van der Waals surface area (Å²) in [6.45, 7) is 11.0. The second-order valence-corrected chi connectivity index (χ2v) is 9.90. The van der Waals surface area contributed by atoms with Gasteiger partial charge in [-0.25, -0.2) is 4.79 Å². The highest BCUT2D eigenvalue weighted by molar-refractivity contribution is 6.30. The molecule has 34 heavy (non-hydrogen) atoms. The van der Waals surface area contributed by atoms with Crippen molar-refractivity contribution in [3.05, 3.63) is 34.9 Å². The van der Waals surface area contributed by atoms with E-state index in [0.717, 1.165) is 12.0 Å². The van der Waals surface area contributed by atoms with Crippen LogP contribution < -0.4 is 10.6 Å². The smallest absolute Gasteiger partial charge is 0.329 e. The van der Waals surface area contributed by atoms with Crippen molar-refractivity contribution in [2.24, 2.45) is 23.7 Å². The zero-order valence-electron chi connectivity index (χ0n) is 20.6. The minimum Gasteiger partial charge on any atom is -0.459 e. The molecule has 1 aliphatic heterocycles. The number of rotatable bonds is 11. The Morgan fingerprint density at radius 3 is 2.09 bits per heavy atom. The molecule has 1 aliphatic rings. The summed E-state index contributed by atoms with van der Waals surface area (Å²) in [6.07, 6.45) is -0.187. The number of cyclic esters (lactones) is 1. The van der Waals surface area contributed by atoms with Crippen LogP contribution in [0.1, 0.15) is 53.5 Å². The first-order chi connectivity index (χ1) is 16.0. The zero-order chi connectivity index (χ0) is 25.6. The molecule has 5 atom stereocenters. The fraction of sp³-hybridized carbons (Fsp3) is 0.600. The van der Waals surface area contributed by atoms with E-state index in [1.807, 2.05) is 13.8 Å². The normalized spacial score (nSPS) is 20.1. The molecule has 1 aromatic carbocycles. The largest absolute Gasteiger partial charge is 0.459 e. The van der Waals surface area contributed by atoms with Gasteiger partial charge in [-0.1, -0.05) is 71.7 Å². The quantitative estimate of drug-likeness (QED) is 0.457. The number of halogens is 1. The summed E-state index contributed by atoms with van der Waals surface area (Å²) in [4.78, 5) is 50.4. The van der Waals surface area contributed by atoms with E-state index in [9.17, 15) is 19.2 Å². The number of ether oxygens (including phenoxy) is 2. The first-order valence-electron chi connectivity index (χ1n) is 11.7. The average molecular weight is 495 g/mol. The molecule has 2 amide bonds. The van der Waals surface area contributed by atoms with E-state index in [1.165, 1.54) is 0 Å². The molecule has 0 radical (unpaired) electrons. The molecule has 0 aliphatic carbocycles. The van der Waals surface area contributed by atoms with E-state index in [2.05, 4.69) is 10.6 Å². The summed E-state index contributed by atoms with van der Waals surface area (Å²) in [5.74, 6) is -3.02. The monoisotopic (exact) mass is 494 g/mol. The Labute approximate surface area is 206 Å². The van der Waals surface area contributed by atoms with Crippen LogP contribution in [0.25, 0.3) is 0 Å². The van der Waals surface area contributed by atoms with Crippen molar-refractivity contribution in [1.29, 1.82) is 0 Å². The molecule has 8 nitrogen and oxygen atoms in total. The van der Waals surface area contributed by atoms with Crippen molar-refractivity contribution < 1.29 is 28.7 Å². The third-order valence-electron chi connectivity index (χ3n) is 6.12. The molecule has 1 heterocycles. The average Bonchev–Trinajstić information content (AvgIpc) is 2.77. The Morgan fingerprint density at radius 2 is 1.59 bits per heavy atom. The lowest BCUT2D eigenvalue weighted by Gasteiger charge is -2.38. The summed E-state index contributed by atoms with van der Waals surface area (Å²) >= 11 is 5.88. The topological polar surface area (TPSA) is 111 Å². The number of esters is 2. The maximum atomic E-state index is 13.1. The van der Waals surface area contributed by atoms with Crippen LogP contribution in [-0.4, -0.2) is 41.9 Å². The van der Waals surface area contributed by atoms with Crippen molar-refractivity contribution in [2.75, 3.05) is 0 Å². The Hall–Kier alpha value is -2.61. The summed E-state index contributed by atoms with van der Waals surface area (Å²) in [5.41, 5.74) is 0.768. The Bertz CT molecular complexity index is 886. The maximum absolute atomic E-state index is 13.1. The number of carbonyl (C=O) groups excluding carboxylic acids is 4. The Balaban J connectivity index is 2.02. The van der Waals surface area contributed by atoms with Crippen LogP contribution in [0.5, 0.6) is 0 Å². The molecule has 1 saturated heterocycles. The molecule has 0 saturated carbocycles. The molecule has 2 N–H and O–H groups in total. The molecule has 2 rings (SSSR count). The molecule has 188 valence electrons. The lowest BCUT2D eigenvalue weighted by molar-refractivity contribution is -0.193. The molecule has 0 aromatic heterocycles. The van der Waals surface area contributed by atoms with Crippen molar-refractivity contribution in [1.82, 2.24) is 10.6 Å². The van der Waals surface area contributed by atoms with Crippen molar-refractivity contribution in [2.45, 2.75) is 72.8 Å². The molecular formula is C25H35ClN2O6. The number of benzene rings is 1. The fourth-order valence-corrected chi connectivity index (χ4v) is 3.79. The van der Waals surface area contributed by atoms with E-state index in [-0.39, 0.29) is 24.4 Å². The third-order valence-corrected chi connectivity index (χ3v) is 6.37. The highest BCUT2D eigenvalue weighted by Crippen LogP contribution is 2.31. The van der Waals surface area contributed by atoms with Gasteiger partial charge in [0.15, 0.2) is 6.10 Å². The van der Waals surface area contributed by atoms with E-state index >= 15 is 0 Å². The third kappa shape index (κ3) is 6.95. The number of hydrogen-bond donors (Lipinski definition) is 2. The molecule has 0 bridgehead atoms. The summed E-state index contributed by atoms with van der Waals surface area (Å²) < 4.78 is 10.5. The van der Waals surface area contributed by atoms with Gasteiger partial charge in [0.1, 0.15) is 24.6 Å². The highest BCUT2D eigenvalue weighted by Gasteiger charge is 2.50. The molecule has 9 heteroatoms. The summed E-state index contributed by atoms with van der Waals surface area (Å²) in [6, 6.07) is 5.11. The highest BCUT2D eigenvalue weighted by atomic mass is 35.5. The van der Waals surface area contributed by atoms with Gasteiger partial charge >= 0.3 is 11.9 Å². The minimum atomic E-state index is -0.915. The number of nitrogens with one attached hydrogen (secondary N) is 2. The summed E-state index contributed by atoms with van der Waals surface area (Å²) in [7, 11) is 0. The predicted molar refractivity (Wildman–Crippen MR) is 128 cm³/mol. The Morgan fingerprint density at radius 1 is 1.00 bits per heavy atom. The number of carbonyl (C=O) groups is 4. The molecule has 0 unspecified atom stereocenters. The standard InChI is InChI=1S/C25H35ClN2O6/c1-7-15(6)18-21(34-24(18)31)23(30)27-19(13(2)3)22(29)28-20(14(4)5)25(32)33-12-16-8-10-17(26)11-9-16/h8-11,13-15,18-21H,7,12H2,1-6H3,(H,27,30)(H,28,29)/t15-,18-,19-,20-,21+/m0/s1. The summed E-state index contributed by atoms with van der Waals surface area (Å²) in [5, 5.41) is 6.00. The van der Waals surface area contributed by atoms with Gasteiger partial charge < -0.3 is 20.1 Å². The van der Waals surface area contributed by atoms with Gasteiger partial charge in [-0.05, 0) is 35.4 Å². The maximum Gasteiger partial charge on any atom is 0.329 e. The van der Waals surface area contributed by atoms with Crippen LogP contribution in [-0.2, 0) is 35.3 Å². The van der Waals surface area contributed by atoms with Crippen LogP contribution in [0.3, 0.4) is 0 Å². The van der Waals surface area contributed by atoms with Crippen LogP contribution in [0.4, 0.5) is 0 Å². The SMILES string of the molecule is CC[C@H](C)[C@@H]1C(=O)O[C@H]1C(=O)N[C@H](C(=O)N[C@H](C(=O)OCc1ccc(Cl)cc1)C(C)C)C(C)C. The van der Waals surface area contributed by atoms with Gasteiger partial charge in [-0.2, -0.15) is 0 Å². The predicted octanol–water partition coefficient (Wildman–Crippen LogP) is 3.25. The van der Waals surface area contributed by atoms with E-state index in [1.54, 1.807) is 52.0 Å². The Kier molecular flexibility index (Phi) is 9.91. The zero-order valence-corrected chi connectivity index (χ0v) is 21.3. The van der Waals surface area contributed by atoms with Gasteiger partial charge in [0.05, 0.1) is 0 Å². The molecule has 1 fully saturated rings. The van der Waals surface area contributed by atoms with Crippen molar-refractivity contribution in [3.63, 3.8) is 0 Å². The molecule has 0 spiro atoms. The van der Waals surface area contributed by atoms with Gasteiger partial charge in [-0.15, -0.1) is 0 Å². The fourth-order valence-electron chi connectivity index (χ4n) is 3.67. The van der Waals surface area contributed by atoms with Crippen LogP contribution in [0.2, 0.25) is 5.02 Å². The van der Waals surface area contributed by atoms with Crippen LogP contribution in [0.15, 0.2) is 24.3 Å². The second-order valence-electron chi connectivity index (χ2n) is 9.46. The van der Waals surface area contributed by atoms with Crippen molar-refractivity contribution >= 4 is 35.4 Å². The van der Waals surface area contributed by atoms with E-state index < -0.39 is 47.9 Å². The molecular weight excluding hydrogens is 460 g/mol. The van der Waals surface area contributed by atoms with E-state index in [4.69, 9.17) is 21.1 Å². The van der Waals surface area contributed by atoms with Gasteiger partial charge in [0, 0.05) is 5.02 Å². The van der Waals surface area contributed by atoms with Crippen LogP contribution in [0, 0.1) is 23.7 Å². The minimum absolute atomic E-state index is 0.0101. The van der Waals surface area contributed by atoms with E-state index in [0.29, 0.717) is 5.02 Å². The lowest BCUT2D eigenvalue weighted by Crippen LogP contribution is -2.61. The molecule has 1 aromatic rings.